The highest BCUT2D eigenvalue weighted by Crippen LogP contribution is 2.19. The molecule has 0 aliphatic carbocycles. The zero-order valence-electron chi connectivity index (χ0n) is 5.80. The van der Waals surface area contributed by atoms with Crippen molar-refractivity contribution in [3.63, 3.8) is 0 Å². The second kappa shape index (κ2) is 4.35. The molecule has 11 heavy (non-hydrogen) atoms. The van der Waals surface area contributed by atoms with Crippen LogP contribution in [-0.4, -0.2) is 21.8 Å². The van der Waals surface area contributed by atoms with Gasteiger partial charge in [0, 0.05) is 5.03 Å². The van der Waals surface area contributed by atoms with Crippen LogP contribution in [0.2, 0.25) is 0 Å². The highest BCUT2D eigenvalue weighted by Gasteiger charge is 2.06. The molecule has 3 N–H and O–H groups in total. The van der Waals surface area contributed by atoms with Crippen LogP contribution >= 0.6 is 32.3 Å². The van der Waals surface area contributed by atoms with Crippen LogP contribution in [0, 0.1) is 0 Å². The van der Waals surface area contributed by atoms with Crippen LogP contribution < -0.4 is 5.73 Å². The minimum atomic E-state index is -0.267. The van der Waals surface area contributed by atoms with Crippen molar-refractivity contribution < 1.29 is 5.11 Å². The molecule has 0 unspecified atom stereocenters. The van der Waals surface area contributed by atoms with Crippen molar-refractivity contribution in [1.29, 1.82) is 0 Å². The fourth-order valence-corrected chi connectivity index (χ4v) is 2.89. The normalized spacial score (nSPS) is 19.9. The summed E-state index contributed by atoms with van der Waals surface area (Å²) in [4.78, 5) is 0. The Morgan fingerprint density at radius 3 is 3.00 bits per heavy atom. The Balaban J connectivity index is 2.75. The topological polar surface area (TPSA) is 46.2 Å². The quantitative estimate of drug-likeness (QED) is 0.746. The molecule has 62 valence electrons. The first-order valence-electron chi connectivity index (χ1n) is 3.13. The molecule has 0 aromatic carbocycles. The molecule has 0 aromatic heterocycles. The largest absolute Gasteiger partial charge is 0.394 e. The molecule has 0 amide bonds. The Labute approximate surface area is 80.5 Å². The average molecular weight is 286 g/mol. The van der Waals surface area contributed by atoms with Gasteiger partial charge in [0.1, 0.15) is 0 Å². The predicted octanol–water partition coefficient (Wildman–Crippen LogP) is 1.10. The van der Waals surface area contributed by atoms with Gasteiger partial charge in [-0.05, 0) is 19.7 Å². The molecule has 1 atom stereocenters. The van der Waals surface area contributed by atoms with Gasteiger partial charge < -0.3 is 10.8 Å². The summed E-state index contributed by atoms with van der Waals surface area (Å²) < 4.78 is 4.08. The lowest BCUT2D eigenvalue weighted by molar-refractivity contribution is 0.282. The van der Waals surface area contributed by atoms with Gasteiger partial charge in [0.2, 0.25) is 0 Å². The van der Waals surface area contributed by atoms with Crippen LogP contribution in [0.5, 0.6) is 0 Å². The summed E-state index contributed by atoms with van der Waals surface area (Å²) in [6.07, 6.45) is 1.81. The third kappa shape index (κ3) is 2.66. The Morgan fingerprint density at radius 1 is 1.73 bits per heavy atom. The lowest BCUT2D eigenvalue weighted by Gasteiger charge is -2.10. The first-order chi connectivity index (χ1) is 5.24. The van der Waals surface area contributed by atoms with E-state index < -0.39 is 0 Å². The number of rotatable bonds is 2. The van der Waals surface area contributed by atoms with Crippen LogP contribution in [0.4, 0.5) is 0 Å². The summed E-state index contributed by atoms with van der Waals surface area (Å²) in [5.41, 5.74) is 6.56. The Bertz CT molecular complexity index is 235. The van der Waals surface area contributed by atoms with Crippen LogP contribution in [0.15, 0.2) is 20.8 Å². The number of aliphatic hydroxyl groups is 1. The second-order valence-corrected chi connectivity index (χ2v) is 4.56. The zero-order valence-corrected chi connectivity index (χ0v) is 8.71. The SMILES string of the molecule is N[C@H](CO)C1=CC(Cl)=CI=C1. The molecule has 1 aliphatic rings. The van der Waals surface area contributed by atoms with Crippen molar-refractivity contribution in [1.82, 2.24) is 0 Å². The van der Waals surface area contributed by atoms with Gasteiger partial charge in [-0.1, -0.05) is 32.3 Å². The summed E-state index contributed by atoms with van der Waals surface area (Å²) in [6.45, 7) is -0.0176. The zero-order chi connectivity index (χ0) is 8.27. The molecule has 0 aromatic rings. The van der Waals surface area contributed by atoms with E-state index in [0.29, 0.717) is 0 Å². The van der Waals surface area contributed by atoms with E-state index in [-0.39, 0.29) is 33.4 Å². The molecule has 0 fully saturated rings. The molecule has 4 heteroatoms. The maximum absolute atomic E-state index is 8.74. The van der Waals surface area contributed by atoms with Crippen LogP contribution in [0.25, 0.3) is 0 Å². The fraction of sp³-hybridized carbons (Fsp3) is 0.286. The second-order valence-electron chi connectivity index (χ2n) is 2.16. The molecule has 1 aliphatic heterocycles. The predicted molar refractivity (Wildman–Crippen MR) is 57.2 cm³/mol. The van der Waals surface area contributed by atoms with Crippen molar-refractivity contribution in [3.8, 4) is 0 Å². The fourth-order valence-electron chi connectivity index (χ4n) is 0.680. The molecule has 1 heterocycles. The van der Waals surface area contributed by atoms with Gasteiger partial charge in [-0.25, -0.2) is 0 Å². The molecular formula is C7H9ClINO. The molecule has 0 spiro atoms. The van der Waals surface area contributed by atoms with Crippen molar-refractivity contribution in [3.05, 3.63) is 20.8 Å². The molecule has 0 saturated carbocycles. The van der Waals surface area contributed by atoms with Gasteiger partial charge >= 0.3 is 0 Å². The van der Waals surface area contributed by atoms with E-state index in [2.05, 4.69) is 4.01 Å². The minimum Gasteiger partial charge on any atom is -0.394 e. The van der Waals surface area contributed by atoms with Crippen LogP contribution in [-0.2, 0) is 0 Å². The molecule has 0 bridgehead atoms. The summed E-state index contributed by atoms with van der Waals surface area (Å²) in [5.74, 6) is 0. The third-order valence-electron chi connectivity index (χ3n) is 1.29. The van der Waals surface area contributed by atoms with Crippen molar-refractivity contribution in [2.24, 2.45) is 5.73 Å². The van der Waals surface area contributed by atoms with Crippen LogP contribution in [0.1, 0.15) is 0 Å². The van der Waals surface area contributed by atoms with Gasteiger partial charge in [-0.2, -0.15) is 0 Å². The number of nitrogens with two attached hydrogens (primary N) is 1. The third-order valence-corrected chi connectivity index (χ3v) is 3.98. The monoisotopic (exact) mass is 285 g/mol. The molecular weight excluding hydrogens is 276 g/mol. The summed E-state index contributed by atoms with van der Waals surface area (Å²) in [5, 5.41) is 9.49. The standard InChI is InChI=1S/C7H9ClINO/c8-6-1-5(2-9-3-6)7(10)4-11/h1-3,7,11H,4,10H2/t7-/m1/s1. The van der Waals surface area contributed by atoms with E-state index in [1.165, 1.54) is 0 Å². The van der Waals surface area contributed by atoms with Gasteiger partial charge in [-0.15, -0.1) is 0 Å². The maximum atomic E-state index is 8.74. The number of hydrogen-bond donors (Lipinski definition) is 2. The van der Waals surface area contributed by atoms with E-state index in [9.17, 15) is 0 Å². The smallest absolute Gasteiger partial charge is 0.0624 e. The first kappa shape index (κ1) is 9.38. The molecule has 0 saturated heterocycles. The highest BCUT2D eigenvalue weighted by atomic mass is 127. The van der Waals surface area contributed by atoms with Gasteiger partial charge in [0.25, 0.3) is 0 Å². The number of allylic oxidation sites excluding steroid dienone is 2. The summed E-state index contributed by atoms with van der Waals surface area (Å²) >= 11 is 5.68. The van der Waals surface area contributed by atoms with E-state index in [1.807, 2.05) is 10.2 Å². The van der Waals surface area contributed by atoms with Crippen LogP contribution in [0.3, 0.4) is 0 Å². The van der Waals surface area contributed by atoms with E-state index >= 15 is 0 Å². The maximum Gasteiger partial charge on any atom is 0.0624 e. The number of aliphatic hydroxyl groups excluding tert-OH is 1. The van der Waals surface area contributed by atoms with E-state index in [0.717, 1.165) is 10.6 Å². The lowest BCUT2D eigenvalue weighted by atomic mass is 10.1. The van der Waals surface area contributed by atoms with E-state index in [4.69, 9.17) is 22.4 Å². The van der Waals surface area contributed by atoms with Gasteiger partial charge in [0.05, 0.1) is 12.6 Å². The van der Waals surface area contributed by atoms with Crippen molar-refractivity contribution in [2.45, 2.75) is 6.04 Å². The van der Waals surface area contributed by atoms with Gasteiger partial charge in [0.15, 0.2) is 0 Å². The summed E-state index contributed by atoms with van der Waals surface area (Å²) in [6, 6.07) is -0.267. The summed E-state index contributed by atoms with van der Waals surface area (Å²) in [7, 11) is 0. The van der Waals surface area contributed by atoms with Crippen molar-refractivity contribution in [2.75, 3.05) is 6.61 Å². The Morgan fingerprint density at radius 2 is 2.45 bits per heavy atom. The molecule has 2 nitrogen and oxygen atoms in total. The van der Waals surface area contributed by atoms with Crippen molar-refractivity contribution >= 4 is 36.3 Å². The molecule has 0 radical (unpaired) electrons. The Hall–Kier alpha value is 0.290. The number of hydrogen-bond acceptors (Lipinski definition) is 2. The first-order valence-corrected chi connectivity index (χ1v) is 6.00. The Kier molecular flexibility index (Phi) is 3.71. The van der Waals surface area contributed by atoms with Gasteiger partial charge in [-0.3, -0.25) is 0 Å². The number of halogens is 2. The molecule has 1 rings (SSSR count). The highest BCUT2D eigenvalue weighted by molar-refractivity contribution is 14.2. The lowest BCUT2D eigenvalue weighted by Crippen LogP contribution is -2.27. The minimum absolute atomic E-state index is 0.0176. The average Bonchev–Trinajstić information content (AvgIpc) is 2.03. The van der Waals surface area contributed by atoms with E-state index in [1.54, 1.807) is 0 Å².